The number of allylic oxidation sites excluding steroid dienone is 6. The van der Waals surface area contributed by atoms with E-state index in [0.29, 0.717) is 6.42 Å². The summed E-state index contributed by atoms with van der Waals surface area (Å²) in [5, 5.41) is 32.0. The van der Waals surface area contributed by atoms with E-state index in [-0.39, 0.29) is 34.7 Å². The molecule has 1 aliphatic rings. The maximum absolute atomic E-state index is 14.0. The smallest absolute Gasteiger partial charge is 0.417 e. The zero-order valence-electron chi connectivity index (χ0n) is 18.2. The van der Waals surface area contributed by atoms with Gasteiger partial charge in [-0.05, 0) is 54.5 Å². The van der Waals surface area contributed by atoms with Gasteiger partial charge in [-0.3, -0.25) is 10.1 Å². The predicted molar refractivity (Wildman–Crippen MR) is 115 cm³/mol. The number of hydrogen-bond acceptors (Lipinski definition) is 5. The highest BCUT2D eigenvalue weighted by Gasteiger charge is 2.56. The van der Waals surface area contributed by atoms with Crippen LogP contribution < -0.4 is 5.73 Å². The maximum Gasteiger partial charge on any atom is 0.417 e. The second-order valence-corrected chi connectivity index (χ2v) is 8.35. The summed E-state index contributed by atoms with van der Waals surface area (Å²) < 4.78 is 55.9. The normalized spacial score (nSPS) is 18.6. The van der Waals surface area contributed by atoms with E-state index in [1.165, 1.54) is 25.2 Å². The first-order valence-corrected chi connectivity index (χ1v) is 10.2. The molecule has 0 fully saturated rings. The molecule has 33 heavy (non-hydrogen) atoms. The minimum Gasteiger partial charge on any atom is -0.508 e. The molecule has 2 atom stereocenters. The van der Waals surface area contributed by atoms with Crippen LogP contribution in [0.3, 0.4) is 0 Å². The molecule has 0 saturated heterocycles. The summed E-state index contributed by atoms with van der Waals surface area (Å²) in [6.07, 6.45) is 0.00491. The number of nitrogens with zero attached hydrogens (tertiary/aromatic N) is 1. The van der Waals surface area contributed by atoms with E-state index in [1.807, 2.05) is 0 Å². The molecule has 2 unspecified atom stereocenters. The Balaban J connectivity index is 2.43. The van der Waals surface area contributed by atoms with Crippen LogP contribution >= 0.6 is 0 Å². The third kappa shape index (κ3) is 6.22. The molecule has 1 aliphatic carbocycles. The fraction of sp³-hybridized carbons (Fsp3) is 0.391. The Morgan fingerprint density at radius 2 is 2.00 bits per heavy atom. The zero-order valence-corrected chi connectivity index (χ0v) is 18.2. The van der Waals surface area contributed by atoms with Crippen molar-refractivity contribution in [1.29, 1.82) is 0 Å². The SMILES string of the molecule is CCC(C)(CC(O)(C/C(N)=C/C1=CCC=CC([N+](=O)[O-])=C1)C(F)(F)F)c1cc(F)ccc1O. The van der Waals surface area contributed by atoms with Gasteiger partial charge in [0.25, 0.3) is 5.70 Å². The summed E-state index contributed by atoms with van der Waals surface area (Å²) in [5.74, 6) is -1.12. The number of benzene rings is 1. The van der Waals surface area contributed by atoms with E-state index < -0.39 is 40.8 Å². The van der Waals surface area contributed by atoms with Crippen molar-refractivity contribution >= 4 is 0 Å². The van der Waals surface area contributed by atoms with Crippen LogP contribution in [-0.2, 0) is 5.41 Å². The van der Waals surface area contributed by atoms with Crippen LogP contribution in [0.5, 0.6) is 5.75 Å². The fourth-order valence-electron chi connectivity index (χ4n) is 3.80. The largest absolute Gasteiger partial charge is 0.508 e. The van der Waals surface area contributed by atoms with Gasteiger partial charge in [0.05, 0.1) is 4.92 Å². The van der Waals surface area contributed by atoms with Crippen molar-refractivity contribution in [1.82, 2.24) is 0 Å². The van der Waals surface area contributed by atoms with E-state index >= 15 is 0 Å². The Labute approximate surface area is 188 Å². The average Bonchev–Trinajstić information content (AvgIpc) is 2.94. The first-order valence-electron chi connectivity index (χ1n) is 10.2. The van der Waals surface area contributed by atoms with E-state index in [0.717, 1.165) is 24.3 Å². The number of phenols is 1. The number of rotatable bonds is 8. The van der Waals surface area contributed by atoms with Crippen LogP contribution in [0.15, 0.2) is 65.5 Å². The van der Waals surface area contributed by atoms with E-state index in [9.17, 15) is 37.9 Å². The number of phenolic OH excluding ortho intramolecular Hbond substituents is 1. The third-order valence-corrected chi connectivity index (χ3v) is 5.75. The Hall–Kier alpha value is -3.14. The first kappa shape index (κ1) is 26.1. The molecule has 2 rings (SSSR count). The Morgan fingerprint density at radius 1 is 1.33 bits per heavy atom. The third-order valence-electron chi connectivity index (χ3n) is 5.75. The van der Waals surface area contributed by atoms with Gasteiger partial charge in [-0.1, -0.05) is 26.0 Å². The highest BCUT2D eigenvalue weighted by atomic mass is 19.4. The van der Waals surface area contributed by atoms with Crippen LogP contribution in [0, 0.1) is 15.9 Å². The van der Waals surface area contributed by atoms with E-state index in [1.54, 1.807) is 13.0 Å². The Kier molecular flexibility index (Phi) is 7.74. The molecule has 0 spiro atoms. The van der Waals surface area contributed by atoms with Gasteiger partial charge in [-0.15, -0.1) is 0 Å². The number of nitrogens with two attached hydrogens (primary N) is 1. The van der Waals surface area contributed by atoms with E-state index in [2.05, 4.69) is 0 Å². The van der Waals surface area contributed by atoms with Gasteiger partial charge in [-0.25, -0.2) is 4.39 Å². The van der Waals surface area contributed by atoms with Gasteiger partial charge in [0.1, 0.15) is 11.6 Å². The minimum atomic E-state index is -5.11. The molecule has 1 aromatic carbocycles. The molecule has 180 valence electrons. The number of nitro groups is 1. The van der Waals surface area contributed by atoms with Gasteiger partial charge in [-0.2, -0.15) is 13.2 Å². The lowest BCUT2D eigenvalue weighted by atomic mass is 9.70. The molecule has 10 heteroatoms. The van der Waals surface area contributed by atoms with Crippen molar-refractivity contribution in [2.45, 2.75) is 56.7 Å². The van der Waals surface area contributed by atoms with Gasteiger partial charge in [0.15, 0.2) is 5.60 Å². The summed E-state index contributed by atoms with van der Waals surface area (Å²) >= 11 is 0. The second-order valence-electron chi connectivity index (χ2n) is 8.35. The lowest BCUT2D eigenvalue weighted by Gasteiger charge is -2.40. The van der Waals surface area contributed by atoms with Crippen LogP contribution in [-0.4, -0.2) is 26.9 Å². The first-order chi connectivity index (χ1) is 15.2. The van der Waals surface area contributed by atoms with Crippen molar-refractivity contribution in [3.05, 3.63) is 87.0 Å². The Bertz CT molecular complexity index is 1030. The van der Waals surface area contributed by atoms with Crippen LogP contribution in [0.4, 0.5) is 17.6 Å². The van der Waals surface area contributed by atoms with Crippen molar-refractivity contribution in [3.63, 3.8) is 0 Å². The molecule has 0 heterocycles. The second kappa shape index (κ2) is 9.78. The molecule has 0 saturated carbocycles. The summed E-state index contributed by atoms with van der Waals surface area (Å²) in [5.41, 5.74) is 0.660. The van der Waals surface area contributed by atoms with Crippen LogP contribution in [0.25, 0.3) is 0 Å². The molecule has 6 nitrogen and oxygen atoms in total. The highest BCUT2D eigenvalue weighted by molar-refractivity contribution is 5.40. The summed E-state index contributed by atoms with van der Waals surface area (Å²) in [4.78, 5) is 10.4. The zero-order chi connectivity index (χ0) is 25.0. The molecule has 0 aromatic heterocycles. The van der Waals surface area contributed by atoms with Gasteiger partial charge in [0.2, 0.25) is 0 Å². The maximum atomic E-state index is 14.0. The molecule has 4 N–H and O–H groups in total. The predicted octanol–water partition coefficient (Wildman–Crippen LogP) is 5.16. The van der Waals surface area contributed by atoms with E-state index in [4.69, 9.17) is 5.73 Å². The summed E-state index contributed by atoms with van der Waals surface area (Å²) in [6.45, 7) is 2.96. The number of hydrogen-bond donors (Lipinski definition) is 3. The quantitative estimate of drug-likeness (QED) is 0.276. The van der Waals surface area contributed by atoms with Crippen molar-refractivity contribution in [3.8, 4) is 5.75 Å². The fourth-order valence-corrected chi connectivity index (χ4v) is 3.80. The molecular formula is C23H26F4N2O4. The van der Waals surface area contributed by atoms with Crippen molar-refractivity contribution in [2.75, 3.05) is 0 Å². The highest BCUT2D eigenvalue weighted by Crippen LogP contribution is 2.47. The summed E-state index contributed by atoms with van der Waals surface area (Å²) in [6, 6.07) is 2.97. The number of alkyl halides is 3. The molecule has 0 bridgehead atoms. The van der Waals surface area contributed by atoms with Crippen LogP contribution in [0.2, 0.25) is 0 Å². The van der Waals surface area contributed by atoms with Crippen LogP contribution in [0.1, 0.15) is 45.1 Å². The van der Waals surface area contributed by atoms with Gasteiger partial charge >= 0.3 is 6.18 Å². The molecule has 0 radical (unpaired) electrons. The minimum absolute atomic E-state index is 0.0534. The number of aliphatic hydroxyl groups is 1. The number of halogens is 4. The topological polar surface area (TPSA) is 110 Å². The lowest BCUT2D eigenvalue weighted by molar-refractivity contribution is -0.419. The van der Waals surface area contributed by atoms with Crippen molar-refractivity contribution in [2.24, 2.45) is 5.73 Å². The monoisotopic (exact) mass is 470 g/mol. The number of aromatic hydroxyl groups is 1. The Morgan fingerprint density at radius 3 is 2.58 bits per heavy atom. The summed E-state index contributed by atoms with van der Waals surface area (Å²) in [7, 11) is 0. The lowest BCUT2D eigenvalue weighted by Crippen LogP contribution is -2.50. The average molecular weight is 470 g/mol. The standard InChI is InChI=1S/C23H26F4N2O4/c1-3-21(2,19-12-16(24)8-9-20(19)30)14-22(31,23(25,26)27)13-17(28)10-15-6-4-5-7-18(11-15)29(32)33/h5-12,30-31H,3-4,13-14,28H2,1-2H3/b17-10-. The van der Waals surface area contributed by atoms with Crippen molar-refractivity contribution < 1.29 is 32.7 Å². The molecule has 0 aliphatic heterocycles. The molecule has 1 aromatic rings. The molecular weight excluding hydrogens is 444 g/mol. The molecule has 0 amide bonds. The van der Waals surface area contributed by atoms with Gasteiger partial charge < -0.3 is 15.9 Å². The van der Waals surface area contributed by atoms with Gasteiger partial charge in [0, 0.05) is 29.8 Å².